The average molecular weight is 397 g/mol. The fourth-order valence-electron chi connectivity index (χ4n) is 5.76. The van der Waals surface area contributed by atoms with Crippen molar-refractivity contribution in [3.8, 4) is 0 Å². The van der Waals surface area contributed by atoms with E-state index < -0.39 is 0 Å². The van der Waals surface area contributed by atoms with Crippen molar-refractivity contribution in [1.82, 2.24) is 19.6 Å². The van der Waals surface area contributed by atoms with E-state index >= 15 is 0 Å². The van der Waals surface area contributed by atoms with Gasteiger partial charge in [0.1, 0.15) is 0 Å². The number of fused-ring (bicyclic) bond motifs is 6. The number of nitrogens with zero attached hydrogens (tertiary/aromatic N) is 5. The molecule has 29 heavy (non-hydrogen) atoms. The van der Waals surface area contributed by atoms with E-state index in [1.165, 1.54) is 0 Å². The van der Waals surface area contributed by atoms with Gasteiger partial charge in [-0.1, -0.05) is 6.07 Å². The van der Waals surface area contributed by atoms with Gasteiger partial charge in [0.25, 0.3) is 11.5 Å². The summed E-state index contributed by atoms with van der Waals surface area (Å²) in [5.74, 6) is 2.04. The van der Waals surface area contributed by atoms with Crippen LogP contribution >= 0.6 is 0 Å². The standard InChI is InChI=1S/C21H27N5O3/c1-13-22-21(23-29-13)25-7-14-6-16(10-25)19-5-2-15(20(27)26(19)8-14)9-24-11-17-3-4-18(12-24)28-17/h2,5,14,16-18H,3-4,6-12H2,1H3/t14-,16+,17-,18+/m0/s1. The van der Waals surface area contributed by atoms with Gasteiger partial charge in [-0.25, -0.2) is 0 Å². The molecule has 4 atom stereocenters. The molecule has 2 aromatic heterocycles. The molecule has 0 amide bonds. The zero-order valence-electron chi connectivity index (χ0n) is 16.8. The zero-order chi connectivity index (χ0) is 19.5. The van der Waals surface area contributed by atoms with Crippen LogP contribution in [0.25, 0.3) is 0 Å². The van der Waals surface area contributed by atoms with Gasteiger partial charge in [0.2, 0.25) is 5.89 Å². The highest BCUT2D eigenvalue weighted by Gasteiger charge is 2.37. The average Bonchev–Trinajstić information content (AvgIpc) is 3.29. The van der Waals surface area contributed by atoms with Crippen LogP contribution < -0.4 is 10.5 Å². The second-order valence-electron chi connectivity index (χ2n) is 9.17. The predicted molar refractivity (Wildman–Crippen MR) is 106 cm³/mol. The number of aromatic nitrogens is 3. The molecule has 0 radical (unpaired) electrons. The van der Waals surface area contributed by atoms with Crippen LogP contribution in [0.4, 0.5) is 5.95 Å². The normalized spacial score (nSPS) is 31.1. The molecule has 8 nitrogen and oxygen atoms in total. The van der Waals surface area contributed by atoms with E-state index in [4.69, 9.17) is 9.26 Å². The van der Waals surface area contributed by atoms with Crippen molar-refractivity contribution in [3.63, 3.8) is 0 Å². The molecule has 4 bridgehead atoms. The summed E-state index contributed by atoms with van der Waals surface area (Å²) < 4.78 is 13.1. The van der Waals surface area contributed by atoms with Crippen LogP contribution in [0.5, 0.6) is 0 Å². The molecule has 3 saturated heterocycles. The maximum absolute atomic E-state index is 13.3. The van der Waals surface area contributed by atoms with E-state index in [1.807, 2.05) is 11.5 Å². The van der Waals surface area contributed by atoms with Gasteiger partial charge in [-0.2, -0.15) is 4.98 Å². The highest BCUT2D eigenvalue weighted by molar-refractivity contribution is 5.33. The molecule has 0 aliphatic carbocycles. The van der Waals surface area contributed by atoms with Crippen LogP contribution in [-0.4, -0.2) is 58.0 Å². The molecule has 0 aromatic carbocycles. The SMILES string of the molecule is Cc1nc(N2C[C@@H]3C[C@H](C2)c2ccc(CN4C[C@H]5CC[C@@H](C4)O5)c(=O)n2C3)no1. The van der Waals surface area contributed by atoms with Gasteiger partial charge in [-0.15, -0.1) is 0 Å². The lowest BCUT2D eigenvalue weighted by atomic mass is 9.83. The van der Waals surface area contributed by atoms with Crippen molar-refractivity contribution in [2.24, 2.45) is 5.92 Å². The fourth-order valence-corrected chi connectivity index (χ4v) is 5.76. The second-order valence-corrected chi connectivity index (χ2v) is 9.17. The van der Waals surface area contributed by atoms with Crippen molar-refractivity contribution < 1.29 is 9.26 Å². The summed E-state index contributed by atoms with van der Waals surface area (Å²) in [7, 11) is 0. The molecule has 2 aromatic rings. The van der Waals surface area contributed by atoms with E-state index in [0.29, 0.717) is 35.9 Å². The minimum Gasteiger partial charge on any atom is -0.372 e. The third kappa shape index (κ3) is 3.09. The smallest absolute Gasteiger partial charge is 0.266 e. The van der Waals surface area contributed by atoms with Gasteiger partial charge in [0.15, 0.2) is 0 Å². The minimum atomic E-state index is 0.194. The molecule has 6 heterocycles. The molecule has 0 saturated carbocycles. The van der Waals surface area contributed by atoms with Gasteiger partial charge in [-0.05, 0) is 36.4 Å². The lowest BCUT2D eigenvalue weighted by Gasteiger charge is -2.42. The van der Waals surface area contributed by atoms with Crippen molar-refractivity contribution in [1.29, 1.82) is 0 Å². The first-order chi connectivity index (χ1) is 14.1. The zero-order valence-corrected chi connectivity index (χ0v) is 16.8. The Kier molecular flexibility index (Phi) is 4.06. The number of piperidine rings is 1. The Bertz CT molecular complexity index is 973. The molecule has 154 valence electrons. The fraction of sp³-hybridized carbons (Fsp3) is 0.667. The van der Waals surface area contributed by atoms with Gasteiger partial charge in [0, 0.05) is 63.4 Å². The first-order valence-corrected chi connectivity index (χ1v) is 10.8. The van der Waals surface area contributed by atoms with Crippen LogP contribution in [-0.2, 0) is 17.8 Å². The van der Waals surface area contributed by atoms with E-state index in [0.717, 1.165) is 69.8 Å². The van der Waals surface area contributed by atoms with Gasteiger partial charge >= 0.3 is 0 Å². The first kappa shape index (κ1) is 17.7. The Morgan fingerprint density at radius 3 is 2.69 bits per heavy atom. The number of pyridine rings is 1. The molecular weight excluding hydrogens is 370 g/mol. The summed E-state index contributed by atoms with van der Waals surface area (Å²) >= 11 is 0. The Hall–Kier alpha value is -2.19. The van der Waals surface area contributed by atoms with E-state index in [1.54, 1.807) is 0 Å². The third-order valence-electron chi connectivity index (χ3n) is 7.00. The number of anilines is 1. The Labute approximate surface area is 169 Å². The summed E-state index contributed by atoms with van der Waals surface area (Å²) in [5, 5.41) is 4.09. The largest absolute Gasteiger partial charge is 0.372 e. The van der Waals surface area contributed by atoms with Crippen LogP contribution in [0.2, 0.25) is 0 Å². The Balaban J connectivity index is 1.24. The van der Waals surface area contributed by atoms with Crippen LogP contribution in [0.15, 0.2) is 21.5 Å². The van der Waals surface area contributed by atoms with Gasteiger partial charge in [-0.3, -0.25) is 9.69 Å². The lowest BCUT2D eigenvalue weighted by Crippen LogP contribution is -2.48. The van der Waals surface area contributed by atoms with Crippen molar-refractivity contribution >= 4 is 5.95 Å². The van der Waals surface area contributed by atoms with Crippen molar-refractivity contribution in [3.05, 3.63) is 39.6 Å². The molecule has 6 rings (SSSR count). The topological polar surface area (TPSA) is 76.6 Å². The minimum absolute atomic E-state index is 0.194. The summed E-state index contributed by atoms with van der Waals surface area (Å²) in [6, 6.07) is 4.24. The highest BCUT2D eigenvalue weighted by atomic mass is 16.5. The molecule has 0 unspecified atom stereocenters. The number of hydrogen-bond acceptors (Lipinski definition) is 7. The maximum Gasteiger partial charge on any atom is 0.266 e. The van der Waals surface area contributed by atoms with E-state index in [9.17, 15) is 4.79 Å². The molecule has 3 fully saturated rings. The Morgan fingerprint density at radius 1 is 1.10 bits per heavy atom. The molecule has 8 heteroatoms. The first-order valence-electron chi connectivity index (χ1n) is 10.8. The van der Waals surface area contributed by atoms with E-state index in [-0.39, 0.29) is 5.56 Å². The van der Waals surface area contributed by atoms with Gasteiger partial charge in [0.05, 0.1) is 12.2 Å². The number of hydrogen-bond donors (Lipinski definition) is 0. The lowest BCUT2D eigenvalue weighted by molar-refractivity contribution is -0.0412. The van der Waals surface area contributed by atoms with Crippen LogP contribution in [0.3, 0.4) is 0 Å². The summed E-state index contributed by atoms with van der Waals surface area (Å²) in [4.78, 5) is 22.3. The predicted octanol–water partition coefficient (Wildman–Crippen LogP) is 1.53. The number of morpholine rings is 1. The molecule has 4 aliphatic heterocycles. The number of ether oxygens (including phenoxy) is 1. The number of aryl methyl sites for hydroxylation is 1. The van der Waals surface area contributed by atoms with Crippen LogP contribution in [0.1, 0.15) is 42.3 Å². The molecule has 4 aliphatic rings. The Morgan fingerprint density at radius 2 is 1.93 bits per heavy atom. The summed E-state index contributed by atoms with van der Waals surface area (Å²) in [5.41, 5.74) is 2.27. The second kappa shape index (κ2) is 6.67. The molecule has 0 N–H and O–H groups in total. The molecular formula is C21H27N5O3. The highest BCUT2D eigenvalue weighted by Crippen LogP contribution is 2.36. The summed E-state index contributed by atoms with van der Waals surface area (Å²) in [6.07, 6.45) is 4.15. The van der Waals surface area contributed by atoms with Crippen LogP contribution in [0, 0.1) is 12.8 Å². The van der Waals surface area contributed by atoms with Crippen molar-refractivity contribution in [2.45, 2.75) is 57.4 Å². The monoisotopic (exact) mass is 397 g/mol. The van der Waals surface area contributed by atoms with Crippen molar-refractivity contribution in [2.75, 3.05) is 31.1 Å². The number of rotatable bonds is 3. The van der Waals surface area contributed by atoms with Gasteiger partial charge < -0.3 is 18.7 Å². The van der Waals surface area contributed by atoms with E-state index in [2.05, 4.69) is 32.1 Å². The third-order valence-corrected chi connectivity index (χ3v) is 7.00. The molecule has 0 spiro atoms. The number of likely N-dealkylation sites (tertiary alicyclic amines) is 1. The summed E-state index contributed by atoms with van der Waals surface area (Å²) in [6.45, 7) is 6.93. The quantitative estimate of drug-likeness (QED) is 0.777. The maximum atomic E-state index is 13.3.